The largest absolute Gasteiger partial charge is 0.301 e. The summed E-state index contributed by atoms with van der Waals surface area (Å²) in [5.74, 6) is 4.30. The molecule has 0 unspecified atom stereocenters. The van der Waals surface area contributed by atoms with Gasteiger partial charge in [-0.15, -0.1) is 4.99 Å². The van der Waals surface area contributed by atoms with Crippen molar-refractivity contribution in [3.8, 4) is 0 Å². The Morgan fingerprint density at radius 3 is 2.75 bits per heavy atom. The van der Waals surface area contributed by atoms with Gasteiger partial charge in [0, 0.05) is 0 Å². The molecule has 0 aromatic heterocycles. The molecule has 0 radical (unpaired) electrons. The summed E-state index contributed by atoms with van der Waals surface area (Å²) in [6.45, 7) is -0.233. The smallest absolute Gasteiger partial charge is 0.149 e. The minimum atomic E-state index is -0.233. The number of rotatable bonds is 5. The highest BCUT2D eigenvalue weighted by Gasteiger charge is 1.83. The van der Waals surface area contributed by atoms with Crippen LogP contribution in [0.15, 0.2) is 0 Å². The van der Waals surface area contributed by atoms with Gasteiger partial charge in [-0.2, -0.15) is 10.8 Å². The molecule has 0 atom stereocenters. The summed E-state index contributed by atoms with van der Waals surface area (Å²) >= 11 is 0. The van der Waals surface area contributed by atoms with Gasteiger partial charge in [0.2, 0.25) is 0 Å². The summed E-state index contributed by atoms with van der Waals surface area (Å²) in [5, 5.41) is 7.18. The van der Waals surface area contributed by atoms with E-state index in [2.05, 4.69) is 25.8 Å². The Hall–Kier alpha value is -0.530. The molecular weight excluding hydrogens is 118 g/mol. The van der Waals surface area contributed by atoms with Gasteiger partial charge in [0.1, 0.15) is 12.9 Å². The second kappa shape index (κ2) is 6.47. The lowest BCUT2D eigenvalue weighted by molar-refractivity contribution is -0.634. The Morgan fingerprint density at radius 1 is 1.50 bits per heavy atom. The molecule has 0 saturated heterocycles. The van der Waals surface area contributed by atoms with Gasteiger partial charge < -0.3 is 4.79 Å². The van der Waals surface area contributed by atoms with Crippen molar-refractivity contribution >= 4 is 6.29 Å². The summed E-state index contributed by atoms with van der Waals surface area (Å²) in [6, 6.07) is 0. The lowest BCUT2D eigenvalue weighted by Crippen LogP contribution is -2.03. The third-order valence-electron chi connectivity index (χ3n) is 0.251. The van der Waals surface area contributed by atoms with Gasteiger partial charge in [-0.25, -0.2) is 0 Å². The number of hydrogen-bond acceptors (Lipinski definition) is 6. The summed E-state index contributed by atoms with van der Waals surface area (Å²) in [5.41, 5.74) is 0. The fourth-order valence-corrected chi connectivity index (χ4v) is 0.0912. The van der Waals surface area contributed by atoms with Crippen molar-refractivity contribution in [1.29, 1.82) is 0 Å². The maximum Gasteiger partial charge on any atom is 0.149 e. The van der Waals surface area contributed by atoms with Crippen LogP contribution in [0.1, 0.15) is 0 Å². The van der Waals surface area contributed by atoms with Gasteiger partial charge in [0.25, 0.3) is 0 Å². The van der Waals surface area contributed by atoms with Crippen LogP contribution in [-0.4, -0.2) is 12.9 Å². The van der Waals surface area contributed by atoms with Crippen LogP contribution in [0, 0.1) is 0 Å². The molecule has 0 fully saturated rings. The normalized spacial score (nSPS) is 9.12. The average Bonchev–Trinajstić information content (AvgIpc) is 1.81. The maximum absolute atomic E-state index is 9.44. The van der Waals surface area contributed by atoms with E-state index in [1.165, 1.54) is 0 Å². The Morgan fingerprint density at radius 2 is 2.25 bits per heavy atom. The summed E-state index contributed by atoms with van der Waals surface area (Å²) < 4.78 is 0. The number of aldehydes is 1. The molecule has 8 heavy (non-hydrogen) atoms. The van der Waals surface area contributed by atoms with E-state index in [1.807, 2.05) is 0 Å². The highest BCUT2D eigenvalue weighted by atomic mass is 17.7. The van der Waals surface area contributed by atoms with E-state index in [1.54, 1.807) is 0 Å². The van der Waals surface area contributed by atoms with Crippen molar-refractivity contribution in [1.82, 2.24) is 0 Å². The second-order valence-corrected chi connectivity index (χ2v) is 0.683. The lowest BCUT2D eigenvalue weighted by Gasteiger charge is -1.91. The third-order valence-corrected chi connectivity index (χ3v) is 0.251. The van der Waals surface area contributed by atoms with Gasteiger partial charge in [0.05, 0.1) is 0 Å². The van der Waals surface area contributed by atoms with Gasteiger partial charge >= 0.3 is 0 Å². The number of nitrogens with two attached hydrogens (primary N) is 1. The molecule has 0 aromatic carbocycles. The highest BCUT2D eigenvalue weighted by Crippen LogP contribution is 1.75. The zero-order valence-electron chi connectivity index (χ0n) is 3.90. The zero-order chi connectivity index (χ0) is 6.24. The van der Waals surface area contributed by atoms with Crippen LogP contribution in [0.3, 0.4) is 0 Å². The maximum atomic E-state index is 9.44. The van der Waals surface area contributed by atoms with Crippen LogP contribution in [0.25, 0.3) is 0 Å². The first-order valence-electron chi connectivity index (χ1n) is 1.67. The molecule has 0 amide bonds. The van der Waals surface area contributed by atoms with Crippen molar-refractivity contribution in [3.05, 3.63) is 0 Å². The Bertz CT molecular complexity index is 56.4. The molecule has 6 heteroatoms. The van der Waals surface area contributed by atoms with E-state index in [-0.39, 0.29) is 6.61 Å². The minimum absolute atomic E-state index is 0.233. The molecule has 0 aromatic rings. The highest BCUT2D eigenvalue weighted by molar-refractivity contribution is 5.50. The minimum Gasteiger partial charge on any atom is -0.301 e. The predicted molar refractivity (Wildman–Crippen MR) is 19.5 cm³/mol. The SMILES string of the molecule is NOOOOCC=O. The molecule has 0 heterocycles. The fraction of sp³-hybridized carbons (Fsp3) is 0.500. The van der Waals surface area contributed by atoms with E-state index in [9.17, 15) is 4.79 Å². The second-order valence-electron chi connectivity index (χ2n) is 0.683. The quantitative estimate of drug-likeness (QED) is 0.215. The molecular formula is C2H5NO5. The van der Waals surface area contributed by atoms with Gasteiger partial charge in [0.15, 0.2) is 0 Å². The Kier molecular flexibility index (Phi) is 6.04. The first kappa shape index (κ1) is 7.47. The Balaban J connectivity index is 2.62. The average molecular weight is 123 g/mol. The van der Waals surface area contributed by atoms with E-state index >= 15 is 0 Å². The summed E-state index contributed by atoms with van der Waals surface area (Å²) in [4.78, 5) is 16.8. The third kappa shape index (κ3) is 5.47. The van der Waals surface area contributed by atoms with Crippen molar-refractivity contribution in [2.24, 2.45) is 5.90 Å². The summed E-state index contributed by atoms with van der Waals surface area (Å²) in [6.07, 6.45) is 0.472. The van der Waals surface area contributed by atoms with E-state index in [4.69, 9.17) is 0 Å². The van der Waals surface area contributed by atoms with Crippen molar-refractivity contribution in [3.63, 3.8) is 0 Å². The predicted octanol–water partition coefficient (Wildman–Crippen LogP) is -1.13. The molecule has 48 valence electrons. The van der Waals surface area contributed by atoms with Gasteiger partial charge in [-0.1, -0.05) is 0 Å². The first-order chi connectivity index (χ1) is 3.91. The van der Waals surface area contributed by atoms with Gasteiger partial charge in [-0.3, -0.25) is 0 Å². The standard InChI is InChI=1S/C2H5NO5/c3-6-8-7-5-2-1-4/h1H,2-3H2. The molecule has 0 rings (SSSR count). The van der Waals surface area contributed by atoms with Crippen molar-refractivity contribution in [2.75, 3.05) is 6.61 Å². The molecule has 0 aliphatic heterocycles. The van der Waals surface area contributed by atoms with Crippen LogP contribution >= 0.6 is 0 Å². The number of carbonyl (C=O) groups is 1. The van der Waals surface area contributed by atoms with E-state index < -0.39 is 0 Å². The Labute approximate surface area is 44.8 Å². The van der Waals surface area contributed by atoms with Crippen LogP contribution in [0.4, 0.5) is 0 Å². The lowest BCUT2D eigenvalue weighted by atomic mass is 10.9. The van der Waals surface area contributed by atoms with Crippen LogP contribution in [0.5, 0.6) is 0 Å². The molecule has 0 bridgehead atoms. The molecule has 0 spiro atoms. The first-order valence-corrected chi connectivity index (χ1v) is 1.67. The molecule has 2 N–H and O–H groups in total. The molecule has 0 aliphatic carbocycles. The molecule has 6 nitrogen and oxygen atoms in total. The van der Waals surface area contributed by atoms with Crippen LogP contribution in [0.2, 0.25) is 0 Å². The zero-order valence-corrected chi connectivity index (χ0v) is 3.90. The number of carbonyl (C=O) groups excluding carboxylic acids is 1. The van der Waals surface area contributed by atoms with Crippen LogP contribution < -0.4 is 5.90 Å². The molecule has 0 aliphatic rings. The van der Waals surface area contributed by atoms with Crippen LogP contribution in [-0.2, 0) is 24.7 Å². The van der Waals surface area contributed by atoms with E-state index in [0.29, 0.717) is 6.29 Å². The van der Waals surface area contributed by atoms with Gasteiger partial charge in [-0.05, 0) is 10.1 Å². The van der Waals surface area contributed by atoms with Crippen molar-refractivity contribution in [2.45, 2.75) is 0 Å². The fourth-order valence-electron chi connectivity index (χ4n) is 0.0912. The van der Waals surface area contributed by atoms with E-state index in [0.717, 1.165) is 0 Å². The monoisotopic (exact) mass is 123 g/mol. The summed E-state index contributed by atoms with van der Waals surface area (Å²) in [7, 11) is 0. The topological polar surface area (TPSA) is 80.0 Å². The molecule has 0 saturated carbocycles. The van der Waals surface area contributed by atoms with Crippen molar-refractivity contribution < 1.29 is 24.7 Å². The number of hydrogen-bond donors (Lipinski definition) is 1.